The highest BCUT2D eigenvalue weighted by atomic mass is 32.1. The molecule has 0 bridgehead atoms. The molecule has 0 radical (unpaired) electrons. The minimum atomic E-state index is -0.432. The maximum absolute atomic E-state index is 12.7. The van der Waals surface area contributed by atoms with Gasteiger partial charge in [0.15, 0.2) is 12.0 Å². The second kappa shape index (κ2) is 9.78. The van der Waals surface area contributed by atoms with Gasteiger partial charge in [0.25, 0.3) is 5.91 Å². The Kier molecular flexibility index (Phi) is 6.66. The standard InChI is InChI=1S/C22H23N5O3S/c1-3-29-20(30-4-2)14-27-13-18(25-26-27)21(28)23-16-9-7-8-15(12-16)22-24-17-10-5-6-11-19(17)31-22/h5-13,20H,3-4,14H2,1-2H3,(H,23,28). The second-order valence-electron chi connectivity index (χ2n) is 6.69. The normalized spacial score (nSPS) is 11.3. The van der Waals surface area contributed by atoms with Gasteiger partial charge < -0.3 is 14.8 Å². The molecule has 160 valence electrons. The lowest BCUT2D eigenvalue weighted by Crippen LogP contribution is -2.24. The number of benzene rings is 2. The zero-order valence-corrected chi connectivity index (χ0v) is 18.1. The largest absolute Gasteiger partial charge is 0.351 e. The number of nitrogens with zero attached hydrogens (tertiary/aromatic N) is 4. The van der Waals surface area contributed by atoms with Crippen molar-refractivity contribution in [3.63, 3.8) is 0 Å². The molecule has 31 heavy (non-hydrogen) atoms. The van der Waals surface area contributed by atoms with Crippen LogP contribution in [0.5, 0.6) is 0 Å². The van der Waals surface area contributed by atoms with Crippen molar-refractivity contribution in [3.8, 4) is 10.6 Å². The number of fused-ring (bicyclic) bond motifs is 1. The fraction of sp³-hybridized carbons (Fsp3) is 0.273. The number of amides is 1. The number of rotatable bonds is 9. The van der Waals surface area contributed by atoms with Gasteiger partial charge in [0.1, 0.15) is 5.01 Å². The maximum atomic E-state index is 12.7. The second-order valence-corrected chi connectivity index (χ2v) is 7.72. The average molecular weight is 438 g/mol. The summed E-state index contributed by atoms with van der Waals surface area (Å²) in [5.74, 6) is -0.336. The zero-order chi connectivity index (χ0) is 21.6. The van der Waals surface area contributed by atoms with Gasteiger partial charge in [-0.15, -0.1) is 16.4 Å². The Bertz CT molecular complexity index is 1130. The lowest BCUT2D eigenvalue weighted by Gasteiger charge is -2.16. The minimum Gasteiger partial charge on any atom is -0.351 e. The van der Waals surface area contributed by atoms with Crippen molar-refractivity contribution in [2.24, 2.45) is 0 Å². The zero-order valence-electron chi connectivity index (χ0n) is 17.3. The van der Waals surface area contributed by atoms with Gasteiger partial charge in [0.05, 0.1) is 23.0 Å². The molecule has 0 aliphatic rings. The highest BCUT2D eigenvalue weighted by molar-refractivity contribution is 7.21. The molecule has 0 atom stereocenters. The van der Waals surface area contributed by atoms with Gasteiger partial charge in [-0.3, -0.25) is 4.79 Å². The first-order valence-corrected chi connectivity index (χ1v) is 10.9. The molecule has 0 saturated carbocycles. The van der Waals surface area contributed by atoms with E-state index in [1.807, 2.05) is 62.4 Å². The first-order valence-electron chi connectivity index (χ1n) is 10.1. The lowest BCUT2D eigenvalue weighted by atomic mass is 10.2. The van der Waals surface area contributed by atoms with Gasteiger partial charge in [0, 0.05) is 24.5 Å². The Labute approximate surface area is 183 Å². The summed E-state index contributed by atoms with van der Waals surface area (Å²) in [7, 11) is 0. The summed E-state index contributed by atoms with van der Waals surface area (Å²) in [5, 5.41) is 11.8. The summed E-state index contributed by atoms with van der Waals surface area (Å²) in [6.45, 7) is 5.20. The van der Waals surface area contributed by atoms with E-state index in [9.17, 15) is 4.79 Å². The molecule has 0 fully saturated rings. The van der Waals surface area contributed by atoms with Crippen LogP contribution in [-0.4, -0.2) is 45.4 Å². The molecule has 0 aliphatic carbocycles. The smallest absolute Gasteiger partial charge is 0.277 e. The minimum absolute atomic E-state index is 0.220. The Morgan fingerprint density at radius 3 is 2.71 bits per heavy atom. The molecule has 0 aliphatic heterocycles. The van der Waals surface area contributed by atoms with E-state index in [0.29, 0.717) is 25.4 Å². The Balaban J connectivity index is 1.45. The Morgan fingerprint density at radius 1 is 1.13 bits per heavy atom. The van der Waals surface area contributed by atoms with Crippen LogP contribution < -0.4 is 5.32 Å². The van der Waals surface area contributed by atoms with Crippen molar-refractivity contribution >= 4 is 33.1 Å². The molecule has 1 amide bonds. The summed E-state index contributed by atoms with van der Waals surface area (Å²) in [5.41, 5.74) is 2.79. The number of hydrogen-bond acceptors (Lipinski definition) is 7. The fourth-order valence-electron chi connectivity index (χ4n) is 3.09. The van der Waals surface area contributed by atoms with E-state index in [-0.39, 0.29) is 11.6 Å². The summed E-state index contributed by atoms with van der Waals surface area (Å²) >= 11 is 1.62. The van der Waals surface area contributed by atoms with Gasteiger partial charge in [-0.2, -0.15) is 0 Å². The van der Waals surface area contributed by atoms with Crippen molar-refractivity contribution in [1.82, 2.24) is 20.0 Å². The molecule has 2 heterocycles. The summed E-state index contributed by atoms with van der Waals surface area (Å²) in [6, 6.07) is 15.6. The number of carbonyl (C=O) groups excluding carboxylic acids is 1. The molecule has 4 rings (SSSR count). The van der Waals surface area contributed by atoms with E-state index in [1.54, 1.807) is 22.2 Å². The predicted molar refractivity (Wildman–Crippen MR) is 120 cm³/mol. The topological polar surface area (TPSA) is 91.2 Å². The van der Waals surface area contributed by atoms with Crippen molar-refractivity contribution in [1.29, 1.82) is 0 Å². The average Bonchev–Trinajstić information content (AvgIpc) is 3.41. The highest BCUT2D eigenvalue weighted by Crippen LogP contribution is 2.31. The molecule has 4 aromatic rings. The highest BCUT2D eigenvalue weighted by Gasteiger charge is 2.15. The van der Waals surface area contributed by atoms with Gasteiger partial charge in [-0.25, -0.2) is 9.67 Å². The van der Waals surface area contributed by atoms with Crippen LogP contribution in [0.25, 0.3) is 20.8 Å². The Morgan fingerprint density at radius 2 is 1.94 bits per heavy atom. The third kappa shape index (κ3) is 5.13. The number of nitrogens with one attached hydrogen (secondary N) is 1. The number of thiazole rings is 1. The quantitative estimate of drug-likeness (QED) is 0.395. The van der Waals surface area contributed by atoms with E-state index in [1.165, 1.54) is 0 Å². The van der Waals surface area contributed by atoms with Crippen LogP contribution in [-0.2, 0) is 16.0 Å². The molecule has 8 nitrogen and oxygen atoms in total. The van der Waals surface area contributed by atoms with E-state index < -0.39 is 6.29 Å². The van der Waals surface area contributed by atoms with Crippen molar-refractivity contribution in [3.05, 3.63) is 60.4 Å². The summed E-state index contributed by atoms with van der Waals surface area (Å²) in [6.07, 6.45) is 1.15. The van der Waals surface area contributed by atoms with Crippen molar-refractivity contribution in [2.75, 3.05) is 18.5 Å². The molecule has 1 N–H and O–H groups in total. The number of carbonyl (C=O) groups is 1. The summed E-state index contributed by atoms with van der Waals surface area (Å²) in [4.78, 5) is 17.3. The lowest BCUT2D eigenvalue weighted by molar-refractivity contribution is -0.145. The predicted octanol–water partition coefficient (Wildman–Crippen LogP) is 4.21. The number of para-hydroxylation sites is 1. The van der Waals surface area contributed by atoms with Crippen LogP contribution in [0, 0.1) is 0 Å². The van der Waals surface area contributed by atoms with Gasteiger partial charge >= 0.3 is 0 Å². The molecule has 2 aromatic carbocycles. The third-order valence-corrected chi connectivity index (χ3v) is 5.56. The van der Waals surface area contributed by atoms with Crippen LogP contribution in [0.4, 0.5) is 5.69 Å². The molecule has 9 heteroatoms. The SMILES string of the molecule is CCOC(Cn1cc(C(=O)Nc2cccc(-c3nc4ccccc4s3)c2)nn1)OCC. The van der Waals surface area contributed by atoms with Crippen molar-refractivity contribution in [2.45, 2.75) is 26.7 Å². The van der Waals surface area contributed by atoms with Crippen LogP contribution in [0.2, 0.25) is 0 Å². The van der Waals surface area contributed by atoms with Crippen molar-refractivity contribution < 1.29 is 14.3 Å². The van der Waals surface area contributed by atoms with Crippen LogP contribution in [0.15, 0.2) is 54.7 Å². The fourth-order valence-corrected chi connectivity index (χ4v) is 4.05. The number of aromatic nitrogens is 4. The van der Waals surface area contributed by atoms with Gasteiger partial charge in [0.2, 0.25) is 0 Å². The molecule has 0 saturated heterocycles. The summed E-state index contributed by atoms with van der Waals surface area (Å²) < 4.78 is 13.7. The van der Waals surface area contributed by atoms with E-state index >= 15 is 0 Å². The first kappa shape index (κ1) is 21.1. The van der Waals surface area contributed by atoms with Crippen LogP contribution in [0.3, 0.4) is 0 Å². The van der Waals surface area contributed by atoms with E-state index in [2.05, 4.69) is 20.6 Å². The monoisotopic (exact) mass is 437 g/mol. The molecule has 0 spiro atoms. The maximum Gasteiger partial charge on any atom is 0.277 e. The number of anilines is 1. The number of hydrogen-bond donors (Lipinski definition) is 1. The van der Waals surface area contributed by atoms with E-state index in [4.69, 9.17) is 9.47 Å². The number of ether oxygens (including phenoxy) is 2. The first-order chi connectivity index (χ1) is 15.2. The van der Waals surface area contributed by atoms with Crippen LogP contribution in [0.1, 0.15) is 24.3 Å². The Hall–Kier alpha value is -3.14. The molecule has 0 unspecified atom stereocenters. The van der Waals surface area contributed by atoms with Gasteiger partial charge in [-0.05, 0) is 38.1 Å². The third-order valence-electron chi connectivity index (χ3n) is 4.47. The molecular weight excluding hydrogens is 414 g/mol. The van der Waals surface area contributed by atoms with Gasteiger partial charge in [-0.1, -0.05) is 29.5 Å². The van der Waals surface area contributed by atoms with E-state index in [0.717, 1.165) is 20.8 Å². The molecular formula is C22H23N5O3S. The molecule has 2 aromatic heterocycles. The van der Waals surface area contributed by atoms with Crippen LogP contribution >= 0.6 is 11.3 Å².